The van der Waals surface area contributed by atoms with Crippen LogP contribution in [0.2, 0.25) is 0 Å². The van der Waals surface area contributed by atoms with Gasteiger partial charge < -0.3 is 26.8 Å². The number of thiol groups is 1. The first-order valence-electron chi connectivity index (χ1n) is 3.48. The lowest BCUT2D eigenvalue weighted by molar-refractivity contribution is -0.136. The fourth-order valence-corrected chi connectivity index (χ4v) is 0. The molecular weight excluding hydrogens is 228 g/mol. The highest BCUT2D eigenvalue weighted by Crippen LogP contribution is 1.66. The number of aliphatic carboxylic acids is 3. The molecule has 8 nitrogen and oxygen atoms in total. The first kappa shape index (κ1) is 19.3. The van der Waals surface area contributed by atoms with Gasteiger partial charge in [-0.15, -0.1) is 0 Å². The van der Waals surface area contributed by atoms with Crippen LogP contribution in [0.3, 0.4) is 0 Å². The van der Waals surface area contributed by atoms with Gasteiger partial charge in [-0.25, -0.2) is 0 Å². The minimum Gasteiger partial charge on any atom is -0.481 e. The predicted octanol–water partition coefficient (Wildman–Crippen LogP) is -1.94. The van der Waals surface area contributed by atoms with Gasteiger partial charge in [0, 0.05) is 0 Å². The molecule has 0 aliphatic carbocycles. The van der Waals surface area contributed by atoms with Gasteiger partial charge in [-0.1, -0.05) is 0 Å². The molecule has 0 fully saturated rings. The van der Waals surface area contributed by atoms with Crippen molar-refractivity contribution in [3.8, 4) is 0 Å². The molecular formula is C6H14N2O6S. The average molecular weight is 242 g/mol. The van der Waals surface area contributed by atoms with Gasteiger partial charge in [-0.05, 0) is 0 Å². The molecule has 0 saturated heterocycles. The lowest BCUT2D eigenvalue weighted by Gasteiger charge is -1.73. The summed E-state index contributed by atoms with van der Waals surface area (Å²) in [5, 5.41) is 22.8. The largest absolute Gasteiger partial charge is 0.481 e. The van der Waals surface area contributed by atoms with Crippen LogP contribution >= 0.6 is 12.6 Å². The number of carbonyl (C=O) groups is 3. The van der Waals surface area contributed by atoms with Crippen molar-refractivity contribution in [1.29, 1.82) is 0 Å². The third kappa shape index (κ3) is 66.0. The lowest BCUT2D eigenvalue weighted by atomic mass is 10.7. The second-order valence-electron chi connectivity index (χ2n) is 1.75. The molecule has 9 heteroatoms. The number of hydrogen-bond acceptors (Lipinski definition) is 6. The molecule has 0 saturated carbocycles. The molecule has 0 radical (unpaired) electrons. The Kier molecular flexibility index (Phi) is 19.5. The van der Waals surface area contributed by atoms with Crippen molar-refractivity contribution in [3.05, 3.63) is 0 Å². The minimum absolute atomic E-state index is 0.0833. The van der Waals surface area contributed by atoms with E-state index in [9.17, 15) is 14.4 Å². The molecule has 0 aliphatic heterocycles. The minimum atomic E-state index is -0.968. The molecule has 0 aliphatic rings. The molecule has 7 N–H and O–H groups in total. The van der Waals surface area contributed by atoms with Gasteiger partial charge in [0.15, 0.2) is 0 Å². The summed E-state index contributed by atoms with van der Waals surface area (Å²) in [4.78, 5) is 27.8. The van der Waals surface area contributed by atoms with E-state index >= 15 is 0 Å². The van der Waals surface area contributed by atoms with Crippen LogP contribution in [-0.2, 0) is 14.4 Å². The van der Waals surface area contributed by atoms with E-state index in [2.05, 4.69) is 24.1 Å². The maximum absolute atomic E-state index is 9.29. The van der Waals surface area contributed by atoms with E-state index in [1.54, 1.807) is 0 Å². The number of nitrogens with two attached hydrogens (primary N) is 2. The van der Waals surface area contributed by atoms with E-state index in [-0.39, 0.29) is 18.8 Å². The van der Waals surface area contributed by atoms with E-state index in [1.807, 2.05) is 0 Å². The summed E-state index contributed by atoms with van der Waals surface area (Å²) in [5.74, 6) is -2.90. The number of carboxylic acids is 3. The van der Waals surface area contributed by atoms with Gasteiger partial charge >= 0.3 is 17.9 Å². The van der Waals surface area contributed by atoms with Crippen LogP contribution in [0.15, 0.2) is 0 Å². The van der Waals surface area contributed by atoms with Gasteiger partial charge in [-0.3, -0.25) is 14.4 Å². The summed E-state index contributed by atoms with van der Waals surface area (Å²) in [6, 6.07) is 0. The zero-order valence-corrected chi connectivity index (χ0v) is 8.68. The number of hydrogen-bond donors (Lipinski definition) is 6. The Labute approximate surface area is 91.3 Å². The van der Waals surface area contributed by atoms with Crippen molar-refractivity contribution in [2.75, 3.05) is 18.8 Å². The maximum atomic E-state index is 9.29. The smallest absolute Gasteiger partial charge is 0.317 e. The Balaban J connectivity index is -0.000000144. The fourth-order valence-electron chi connectivity index (χ4n) is 0. The zero-order chi connectivity index (χ0) is 12.9. The molecule has 90 valence electrons. The van der Waals surface area contributed by atoms with Gasteiger partial charge in [0.25, 0.3) is 0 Å². The summed E-state index contributed by atoms with van der Waals surface area (Å²) in [5.41, 5.74) is 9.14. The number of carboxylic acid groups (broad SMARTS) is 3. The number of rotatable bonds is 3. The summed E-state index contributed by atoms with van der Waals surface area (Å²) >= 11 is 3.42. The molecule has 0 rings (SSSR count). The van der Waals surface area contributed by atoms with E-state index in [0.717, 1.165) is 0 Å². The van der Waals surface area contributed by atoms with E-state index in [4.69, 9.17) is 15.3 Å². The molecule has 0 amide bonds. The van der Waals surface area contributed by atoms with Gasteiger partial charge in [0.2, 0.25) is 0 Å². The summed E-state index contributed by atoms with van der Waals surface area (Å²) in [6.45, 7) is -0.556. The van der Waals surface area contributed by atoms with Crippen LogP contribution in [0, 0.1) is 0 Å². The Hall–Kier alpha value is -1.32. The Morgan fingerprint density at radius 1 is 0.867 bits per heavy atom. The highest BCUT2D eigenvalue weighted by atomic mass is 32.1. The SMILES string of the molecule is NCC(=O)O.NCC(=O)O.O=C(O)CS. The molecule has 0 spiro atoms. The van der Waals surface area contributed by atoms with Gasteiger partial charge in [-0.2, -0.15) is 12.6 Å². The van der Waals surface area contributed by atoms with Crippen LogP contribution < -0.4 is 11.5 Å². The zero-order valence-electron chi connectivity index (χ0n) is 7.79. The van der Waals surface area contributed by atoms with Gasteiger partial charge in [0.05, 0.1) is 18.8 Å². The predicted molar refractivity (Wildman–Crippen MR) is 54.9 cm³/mol. The third-order valence-corrected chi connectivity index (χ3v) is 0.755. The van der Waals surface area contributed by atoms with Crippen molar-refractivity contribution < 1.29 is 29.7 Å². The van der Waals surface area contributed by atoms with Crippen LogP contribution in [0.25, 0.3) is 0 Å². The second kappa shape index (κ2) is 15.2. The standard InChI is InChI=1S/2C2H5NO2.C2H4O2S/c2*3-1-2(4)5;3-2(4)1-5/h2*1,3H2,(H,4,5);5H,1H2,(H,3,4). The lowest BCUT2D eigenvalue weighted by Crippen LogP contribution is -2.10. The molecule has 0 aromatic heterocycles. The highest BCUT2D eigenvalue weighted by Gasteiger charge is 1.82. The normalized spacial score (nSPS) is 7.40. The van der Waals surface area contributed by atoms with Crippen molar-refractivity contribution in [2.24, 2.45) is 11.5 Å². The molecule has 0 heterocycles. The van der Waals surface area contributed by atoms with Crippen LogP contribution in [-0.4, -0.2) is 52.1 Å². The first-order valence-corrected chi connectivity index (χ1v) is 4.11. The van der Waals surface area contributed by atoms with Crippen molar-refractivity contribution >= 4 is 30.5 Å². The van der Waals surface area contributed by atoms with Crippen LogP contribution in [0.5, 0.6) is 0 Å². The maximum Gasteiger partial charge on any atom is 0.317 e. The van der Waals surface area contributed by atoms with Gasteiger partial charge in [0.1, 0.15) is 0 Å². The van der Waals surface area contributed by atoms with E-state index < -0.39 is 17.9 Å². The summed E-state index contributed by atoms with van der Waals surface area (Å²) in [7, 11) is 0. The summed E-state index contributed by atoms with van der Waals surface area (Å²) < 4.78 is 0. The van der Waals surface area contributed by atoms with Crippen molar-refractivity contribution in [2.45, 2.75) is 0 Å². The molecule has 15 heavy (non-hydrogen) atoms. The Bertz CT molecular complexity index is 165. The van der Waals surface area contributed by atoms with Crippen LogP contribution in [0.1, 0.15) is 0 Å². The summed E-state index contributed by atoms with van der Waals surface area (Å²) in [6.07, 6.45) is 0. The Morgan fingerprint density at radius 2 is 1.00 bits per heavy atom. The highest BCUT2D eigenvalue weighted by molar-refractivity contribution is 7.81. The second-order valence-corrected chi connectivity index (χ2v) is 2.06. The molecule has 0 bridgehead atoms. The van der Waals surface area contributed by atoms with E-state index in [1.165, 1.54) is 0 Å². The van der Waals surface area contributed by atoms with Crippen molar-refractivity contribution in [1.82, 2.24) is 0 Å². The van der Waals surface area contributed by atoms with Crippen molar-refractivity contribution in [3.63, 3.8) is 0 Å². The fraction of sp³-hybridized carbons (Fsp3) is 0.500. The van der Waals surface area contributed by atoms with Crippen LogP contribution in [0.4, 0.5) is 0 Å². The molecule has 0 aromatic rings. The quantitative estimate of drug-likeness (QED) is 0.311. The molecule has 0 aromatic carbocycles. The first-order chi connectivity index (χ1) is 6.81. The molecule has 0 unspecified atom stereocenters. The monoisotopic (exact) mass is 242 g/mol. The third-order valence-electron chi connectivity index (χ3n) is 0.485. The Morgan fingerprint density at radius 3 is 1.00 bits per heavy atom. The topological polar surface area (TPSA) is 164 Å². The molecule has 0 atom stereocenters. The van der Waals surface area contributed by atoms with E-state index in [0.29, 0.717) is 0 Å². The average Bonchev–Trinajstić information content (AvgIpc) is 2.19.